The molecular formula is C25H30. The molecule has 0 spiro atoms. The van der Waals surface area contributed by atoms with E-state index in [0.29, 0.717) is 0 Å². The maximum atomic E-state index is 2.31. The number of aryl methyl sites for hydroxylation is 1. The summed E-state index contributed by atoms with van der Waals surface area (Å²) in [5, 5.41) is 0. The largest absolute Gasteiger partial charge is 0.0683 e. The van der Waals surface area contributed by atoms with Crippen LogP contribution in [0.2, 0.25) is 0 Å². The van der Waals surface area contributed by atoms with Crippen molar-refractivity contribution >= 4 is 0 Å². The van der Waals surface area contributed by atoms with Gasteiger partial charge in [0.25, 0.3) is 0 Å². The van der Waals surface area contributed by atoms with Gasteiger partial charge in [-0.25, -0.2) is 0 Å². The van der Waals surface area contributed by atoms with E-state index in [2.05, 4.69) is 84.9 Å². The van der Waals surface area contributed by atoms with Gasteiger partial charge in [0, 0.05) is 5.41 Å². The molecule has 0 nitrogen and oxygen atoms in total. The van der Waals surface area contributed by atoms with Crippen LogP contribution in [0.4, 0.5) is 0 Å². The van der Waals surface area contributed by atoms with Crippen molar-refractivity contribution in [1.29, 1.82) is 0 Å². The lowest BCUT2D eigenvalue weighted by Gasteiger charge is -2.32. The number of hydrogen-bond donors (Lipinski definition) is 0. The normalized spacial score (nSPS) is 13.6. The van der Waals surface area contributed by atoms with Crippen molar-refractivity contribution in [2.45, 2.75) is 46.0 Å². The molecule has 0 amide bonds. The summed E-state index contributed by atoms with van der Waals surface area (Å²) in [5.41, 5.74) is 5.79. The van der Waals surface area contributed by atoms with Gasteiger partial charge in [0.2, 0.25) is 0 Å². The average molecular weight is 331 g/mol. The van der Waals surface area contributed by atoms with Gasteiger partial charge < -0.3 is 0 Å². The van der Waals surface area contributed by atoms with Gasteiger partial charge in [-0.2, -0.15) is 0 Å². The van der Waals surface area contributed by atoms with E-state index in [1.807, 2.05) is 27.7 Å². The van der Waals surface area contributed by atoms with E-state index in [-0.39, 0.29) is 5.41 Å². The van der Waals surface area contributed by atoms with Gasteiger partial charge in [0.05, 0.1) is 0 Å². The van der Waals surface area contributed by atoms with E-state index in [4.69, 9.17) is 0 Å². The minimum atomic E-state index is 0.0130. The Labute approximate surface area is 153 Å². The van der Waals surface area contributed by atoms with E-state index >= 15 is 0 Å². The Morgan fingerprint density at radius 3 is 1.52 bits per heavy atom. The fourth-order valence-corrected chi connectivity index (χ4v) is 3.82. The molecule has 0 N–H and O–H groups in total. The maximum absolute atomic E-state index is 2.31. The predicted molar refractivity (Wildman–Crippen MR) is 110 cm³/mol. The van der Waals surface area contributed by atoms with Crippen molar-refractivity contribution in [2.24, 2.45) is 0 Å². The van der Waals surface area contributed by atoms with E-state index in [1.54, 1.807) is 0 Å². The highest BCUT2D eigenvalue weighted by molar-refractivity contribution is 5.56. The van der Waals surface area contributed by atoms with Gasteiger partial charge in [-0.05, 0) is 35.1 Å². The second-order valence-corrected chi connectivity index (χ2v) is 5.79. The van der Waals surface area contributed by atoms with Gasteiger partial charge >= 0.3 is 0 Å². The second kappa shape index (κ2) is 9.22. The van der Waals surface area contributed by atoms with Crippen LogP contribution in [-0.2, 0) is 11.8 Å². The van der Waals surface area contributed by atoms with E-state index in [9.17, 15) is 0 Å². The first-order valence-electron chi connectivity index (χ1n) is 9.61. The molecule has 0 bridgehead atoms. The summed E-state index contributed by atoms with van der Waals surface area (Å²) >= 11 is 0. The van der Waals surface area contributed by atoms with E-state index in [1.165, 1.54) is 22.3 Å². The van der Waals surface area contributed by atoms with Gasteiger partial charge in [-0.3, -0.25) is 0 Å². The van der Waals surface area contributed by atoms with Gasteiger partial charge in [0.1, 0.15) is 0 Å². The minimum absolute atomic E-state index is 0.0130. The Balaban J connectivity index is 0.000000528. The zero-order valence-electron chi connectivity index (χ0n) is 16.0. The zero-order valence-corrected chi connectivity index (χ0v) is 16.0. The quantitative estimate of drug-likeness (QED) is 0.473. The number of benzene rings is 3. The van der Waals surface area contributed by atoms with Crippen molar-refractivity contribution in [1.82, 2.24) is 0 Å². The highest BCUT2D eigenvalue weighted by atomic mass is 14.4. The molecule has 0 heterocycles. The standard InChI is InChI=1S/C21H18.2C2H6/c1-3-10-18(11-4-1)21(19-12-5-2-6-13-19)16-15-17-9-7-8-14-20(17)21;2*1-2/h1-14H,15-16H2;2*1-2H3. The molecule has 1 aliphatic rings. The molecule has 25 heavy (non-hydrogen) atoms. The molecule has 0 saturated heterocycles. The first-order valence-corrected chi connectivity index (χ1v) is 9.61. The third-order valence-corrected chi connectivity index (χ3v) is 4.78. The van der Waals surface area contributed by atoms with Crippen LogP contribution in [-0.4, -0.2) is 0 Å². The summed E-state index contributed by atoms with van der Waals surface area (Å²) in [4.78, 5) is 0. The molecule has 0 heteroatoms. The molecule has 0 unspecified atom stereocenters. The molecule has 0 radical (unpaired) electrons. The molecule has 0 aliphatic heterocycles. The number of fused-ring (bicyclic) bond motifs is 1. The summed E-state index contributed by atoms with van der Waals surface area (Å²) in [6.45, 7) is 8.00. The first kappa shape index (κ1) is 19.0. The first-order chi connectivity index (χ1) is 12.4. The summed E-state index contributed by atoms with van der Waals surface area (Å²) in [7, 11) is 0. The van der Waals surface area contributed by atoms with Crippen molar-refractivity contribution in [2.75, 3.05) is 0 Å². The SMILES string of the molecule is CC.CC.c1ccc(C2(c3ccccc3)CCc3ccccc32)cc1. The summed E-state index contributed by atoms with van der Waals surface area (Å²) in [5.74, 6) is 0. The third-order valence-electron chi connectivity index (χ3n) is 4.78. The molecular weight excluding hydrogens is 300 g/mol. The highest BCUT2D eigenvalue weighted by Gasteiger charge is 2.41. The molecule has 1 aliphatic carbocycles. The smallest absolute Gasteiger partial charge is 0.0457 e. The van der Waals surface area contributed by atoms with E-state index < -0.39 is 0 Å². The van der Waals surface area contributed by atoms with Crippen LogP contribution >= 0.6 is 0 Å². The number of rotatable bonds is 2. The summed E-state index contributed by atoms with van der Waals surface area (Å²) in [6.07, 6.45) is 2.31. The maximum Gasteiger partial charge on any atom is 0.0457 e. The monoisotopic (exact) mass is 330 g/mol. The van der Waals surface area contributed by atoms with E-state index in [0.717, 1.165) is 12.8 Å². The van der Waals surface area contributed by atoms with Crippen molar-refractivity contribution in [3.05, 3.63) is 107 Å². The Morgan fingerprint density at radius 2 is 1.00 bits per heavy atom. The average Bonchev–Trinajstić information content (AvgIpc) is 3.13. The Morgan fingerprint density at radius 1 is 0.560 bits per heavy atom. The lowest BCUT2D eigenvalue weighted by atomic mass is 9.70. The second-order valence-electron chi connectivity index (χ2n) is 5.79. The lowest BCUT2D eigenvalue weighted by molar-refractivity contribution is 0.610. The zero-order chi connectivity index (χ0) is 18.1. The molecule has 0 atom stereocenters. The van der Waals surface area contributed by atoms with Crippen LogP contribution in [0.25, 0.3) is 0 Å². The third kappa shape index (κ3) is 3.54. The van der Waals surface area contributed by atoms with Crippen LogP contribution in [0.15, 0.2) is 84.9 Å². The van der Waals surface area contributed by atoms with Gasteiger partial charge in [-0.15, -0.1) is 0 Å². The fourth-order valence-electron chi connectivity index (χ4n) is 3.82. The van der Waals surface area contributed by atoms with Gasteiger partial charge in [-0.1, -0.05) is 113 Å². The molecule has 0 fully saturated rings. The van der Waals surface area contributed by atoms with Crippen LogP contribution in [0, 0.1) is 0 Å². The Kier molecular flexibility index (Phi) is 7.01. The summed E-state index contributed by atoms with van der Waals surface area (Å²) < 4.78 is 0. The molecule has 3 aromatic rings. The molecule has 3 aromatic carbocycles. The molecule has 4 rings (SSSR count). The topological polar surface area (TPSA) is 0 Å². The Hall–Kier alpha value is -2.34. The fraction of sp³-hybridized carbons (Fsp3) is 0.280. The highest BCUT2D eigenvalue weighted by Crippen LogP contribution is 2.48. The lowest BCUT2D eigenvalue weighted by Crippen LogP contribution is -2.26. The molecule has 130 valence electrons. The van der Waals surface area contributed by atoms with Crippen LogP contribution < -0.4 is 0 Å². The number of hydrogen-bond acceptors (Lipinski definition) is 0. The molecule has 0 saturated carbocycles. The minimum Gasteiger partial charge on any atom is -0.0683 e. The Bertz CT molecular complexity index is 702. The van der Waals surface area contributed by atoms with Crippen LogP contribution in [0.3, 0.4) is 0 Å². The van der Waals surface area contributed by atoms with Crippen molar-refractivity contribution < 1.29 is 0 Å². The van der Waals surface area contributed by atoms with Crippen molar-refractivity contribution in [3.63, 3.8) is 0 Å². The van der Waals surface area contributed by atoms with Crippen molar-refractivity contribution in [3.8, 4) is 0 Å². The van der Waals surface area contributed by atoms with Crippen LogP contribution in [0.5, 0.6) is 0 Å². The van der Waals surface area contributed by atoms with Gasteiger partial charge in [0.15, 0.2) is 0 Å². The van der Waals surface area contributed by atoms with Crippen LogP contribution in [0.1, 0.15) is 56.4 Å². The molecule has 0 aromatic heterocycles. The predicted octanol–water partition coefficient (Wildman–Crippen LogP) is 7.02. The summed E-state index contributed by atoms with van der Waals surface area (Å²) in [6, 6.07) is 30.8.